The highest BCUT2D eigenvalue weighted by atomic mass is 16.6. The van der Waals surface area contributed by atoms with Crippen LogP contribution in [-0.2, 0) is 0 Å². The Kier molecular flexibility index (Phi) is 3.42. The number of anilines is 1. The molecule has 1 aromatic carbocycles. The number of carbonyl (C=O) groups is 1. The van der Waals surface area contributed by atoms with Crippen LogP contribution in [0.4, 0.5) is 11.4 Å². The number of aromatic hydroxyl groups is 1. The van der Waals surface area contributed by atoms with Crippen molar-refractivity contribution in [2.24, 2.45) is 0 Å². The van der Waals surface area contributed by atoms with Crippen LogP contribution in [-0.4, -0.2) is 25.9 Å². The zero-order chi connectivity index (χ0) is 14.7. The maximum atomic E-state index is 11.8. The number of hydrogen-bond acceptors (Lipinski definition) is 6. The number of aromatic amines is 1. The Balaban J connectivity index is 2.27. The molecule has 9 heteroatoms. The summed E-state index contributed by atoms with van der Waals surface area (Å²) in [5.74, 6) is -1.05. The molecule has 0 aliphatic heterocycles. The van der Waals surface area contributed by atoms with Gasteiger partial charge in [-0.1, -0.05) is 0 Å². The number of aromatic nitrogens is 2. The number of nitrogens with one attached hydrogen (secondary N) is 2. The molecule has 2 rings (SSSR count). The zero-order valence-corrected chi connectivity index (χ0v) is 9.86. The lowest BCUT2D eigenvalue weighted by Gasteiger charge is -2.06. The molecular formula is C11H8N4O5. The third-order valence-electron chi connectivity index (χ3n) is 2.34. The van der Waals surface area contributed by atoms with Crippen LogP contribution in [0.1, 0.15) is 10.5 Å². The van der Waals surface area contributed by atoms with Crippen LogP contribution in [0.3, 0.4) is 0 Å². The molecule has 20 heavy (non-hydrogen) atoms. The average Bonchev–Trinajstić information content (AvgIpc) is 2.41. The fourth-order valence-electron chi connectivity index (χ4n) is 1.39. The number of H-pyrrole nitrogens is 1. The summed E-state index contributed by atoms with van der Waals surface area (Å²) in [6.45, 7) is 0. The summed E-state index contributed by atoms with van der Waals surface area (Å²) in [7, 11) is 0. The lowest BCUT2D eigenvalue weighted by Crippen LogP contribution is -2.17. The van der Waals surface area contributed by atoms with Crippen molar-refractivity contribution >= 4 is 17.3 Å². The zero-order valence-electron chi connectivity index (χ0n) is 9.86. The number of carbonyl (C=O) groups excluding carboxylic acids is 1. The van der Waals surface area contributed by atoms with Gasteiger partial charge in [0, 0.05) is 18.3 Å². The van der Waals surface area contributed by atoms with Crippen molar-refractivity contribution in [3.8, 4) is 5.75 Å². The van der Waals surface area contributed by atoms with Gasteiger partial charge < -0.3 is 15.4 Å². The number of hydrogen-bond donors (Lipinski definition) is 3. The fraction of sp³-hybridized carbons (Fsp3) is 0. The molecule has 0 fully saturated rings. The van der Waals surface area contributed by atoms with E-state index < -0.39 is 16.4 Å². The van der Waals surface area contributed by atoms with E-state index in [1.165, 1.54) is 0 Å². The van der Waals surface area contributed by atoms with Crippen LogP contribution in [0.5, 0.6) is 5.75 Å². The average molecular weight is 276 g/mol. The third-order valence-corrected chi connectivity index (χ3v) is 2.34. The number of rotatable bonds is 3. The van der Waals surface area contributed by atoms with E-state index in [4.69, 9.17) is 0 Å². The minimum absolute atomic E-state index is 0.101. The number of nitro benzene ring substituents is 1. The van der Waals surface area contributed by atoms with Gasteiger partial charge in [-0.25, -0.2) is 4.98 Å². The van der Waals surface area contributed by atoms with Gasteiger partial charge in [0.05, 0.1) is 16.8 Å². The van der Waals surface area contributed by atoms with Gasteiger partial charge in [-0.05, 0) is 6.07 Å². The van der Waals surface area contributed by atoms with Crippen LogP contribution in [0.25, 0.3) is 0 Å². The summed E-state index contributed by atoms with van der Waals surface area (Å²) in [6, 6.07) is 3.20. The summed E-state index contributed by atoms with van der Waals surface area (Å²) in [5.41, 5.74) is -0.986. The number of benzene rings is 1. The molecule has 0 spiro atoms. The molecule has 0 aliphatic carbocycles. The number of non-ortho nitro benzene ring substituents is 1. The number of amides is 1. The standard InChI is InChI=1S/C11H8N4O5/c16-9-2-1-6(15(19)20)3-7(9)14-11(18)8-4-13-10(17)5-12-8/h1-5,16H,(H,13,17)(H,14,18). The van der Waals surface area contributed by atoms with Crippen molar-refractivity contribution in [1.82, 2.24) is 9.97 Å². The summed E-state index contributed by atoms with van der Waals surface area (Å²) in [6.07, 6.45) is 2.01. The van der Waals surface area contributed by atoms with E-state index in [-0.39, 0.29) is 22.8 Å². The predicted molar refractivity (Wildman–Crippen MR) is 67.6 cm³/mol. The molecule has 1 heterocycles. The van der Waals surface area contributed by atoms with E-state index in [0.29, 0.717) is 0 Å². The number of nitro groups is 1. The summed E-state index contributed by atoms with van der Waals surface area (Å²) in [5, 5.41) is 22.4. The normalized spacial score (nSPS) is 10.0. The van der Waals surface area contributed by atoms with Gasteiger partial charge in [-0.3, -0.25) is 19.7 Å². The second kappa shape index (κ2) is 5.18. The van der Waals surface area contributed by atoms with Gasteiger partial charge in [0.15, 0.2) is 0 Å². The van der Waals surface area contributed by atoms with E-state index >= 15 is 0 Å². The Labute approximate surface area is 111 Å². The molecule has 0 atom stereocenters. The smallest absolute Gasteiger partial charge is 0.275 e. The molecule has 3 N–H and O–H groups in total. The van der Waals surface area contributed by atoms with Gasteiger partial charge in [-0.15, -0.1) is 0 Å². The van der Waals surface area contributed by atoms with Gasteiger partial charge in [0.2, 0.25) is 0 Å². The summed E-state index contributed by atoms with van der Waals surface area (Å²) < 4.78 is 0. The molecule has 0 saturated heterocycles. The first-order chi connectivity index (χ1) is 9.47. The Hall–Kier alpha value is -3.23. The summed E-state index contributed by atoms with van der Waals surface area (Å²) >= 11 is 0. The molecular weight excluding hydrogens is 268 g/mol. The van der Waals surface area contributed by atoms with E-state index in [1.54, 1.807) is 0 Å². The van der Waals surface area contributed by atoms with Crippen molar-refractivity contribution in [2.45, 2.75) is 0 Å². The largest absolute Gasteiger partial charge is 0.506 e. The number of nitrogens with zero attached hydrogens (tertiary/aromatic N) is 2. The highest BCUT2D eigenvalue weighted by molar-refractivity contribution is 6.03. The quantitative estimate of drug-likeness (QED) is 0.427. The minimum Gasteiger partial charge on any atom is -0.506 e. The highest BCUT2D eigenvalue weighted by Gasteiger charge is 2.14. The molecule has 0 bridgehead atoms. The molecule has 0 aliphatic rings. The van der Waals surface area contributed by atoms with Gasteiger partial charge in [-0.2, -0.15) is 0 Å². The Bertz CT molecular complexity index is 719. The molecule has 0 unspecified atom stereocenters. The van der Waals surface area contributed by atoms with Crippen LogP contribution in [0.2, 0.25) is 0 Å². The number of phenols is 1. The minimum atomic E-state index is -0.725. The molecule has 1 amide bonds. The number of phenolic OH excluding ortho intramolecular Hbond substituents is 1. The summed E-state index contributed by atoms with van der Waals surface area (Å²) in [4.78, 5) is 38.4. The molecule has 9 nitrogen and oxygen atoms in total. The van der Waals surface area contributed by atoms with Gasteiger partial charge in [0.25, 0.3) is 17.2 Å². The first-order valence-corrected chi connectivity index (χ1v) is 5.31. The fourth-order valence-corrected chi connectivity index (χ4v) is 1.39. The van der Waals surface area contributed by atoms with Crippen molar-refractivity contribution < 1.29 is 14.8 Å². The second-order valence-electron chi connectivity index (χ2n) is 3.71. The third kappa shape index (κ3) is 2.77. The highest BCUT2D eigenvalue weighted by Crippen LogP contribution is 2.27. The molecule has 102 valence electrons. The first kappa shape index (κ1) is 13.2. The topological polar surface area (TPSA) is 138 Å². The van der Waals surface area contributed by atoms with Crippen LogP contribution < -0.4 is 10.9 Å². The SMILES string of the molecule is O=C(Nc1cc([N+](=O)[O-])ccc1O)c1c[nH]c(=O)cn1. The van der Waals surface area contributed by atoms with E-state index in [0.717, 1.165) is 30.6 Å². The van der Waals surface area contributed by atoms with Crippen molar-refractivity contribution in [3.63, 3.8) is 0 Å². The lowest BCUT2D eigenvalue weighted by molar-refractivity contribution is -0.384. The van der Waals surface area contributed by atoms with Crippen LogP contribution in [0.15, 0.2) is 35.4 Å². The Morgan fingerprint density at radius 1 is 1.45 bits per heavy atom. The van der Waals surface area contributed by atoms with E-state index in [2.05, 4.69) is 15.3 Å². The van der Waals surface area contributed by atoms with Crippen molar-refractivity contribution in [2.75, 3.05) is 5.32 Å². The maximum Gasteiger partial charge on any atom is 0.275 e. The van der Waals surface area contributed by atoms with Crippen molar-refractivity contribution in [1.29, 1.82) is 0 Å². The monoisotopic (exact) mass is 276 g/mol. The predicted octanol–water partition coefficient (Wildman–Crippen LogP) is 0.636. The molecule has 0 radical (unpaired) electrons. The first-order valence-electron chi connectivity index (χ1n) is 5.31. The Morgan fingerprint density at radius 2 is 2.20 bits per heavy atom. The lowest BCUT2D eigenvalue weighted by atomic mass is 10.2. The van der Waals surface area contributed by atoms with E-state index in [1.807, 2.05) is 0 Å². The van der Waals surface area contributed by atoms with E-state index in [9.17, 15) is 24.8 Å². The molecule has 0 saturated carbocycles. The van der Waals surface area contributed by atoms with Crippen molar-refractivity contribution in [3.05, 3.63) is 56.8 Å². The van der Waals surface area contributed by atoms with Gasteiger partial charge in [0.1, 0.15) is 11.4 Å². The van der Waals surface area contributed by atoms with Crippen LogP contribution in [0, 0.1) is 10.1 Å². The Morgan fingerprint density at radius 3 is 2.80 bits per heavy atom. The maximum absolute atomic E-state index is 11.8. The molecule has 2 aromatic rings. The van der Waals surface area contributed by atoms with Gasteiger partial charge >= 0.3 is 0 Å². The molecule has 1 aromatic heterocycles. The second-order valence-corrected chi connectivity index (χ2v) is 3.71. The van der Waals surface area contributed by atoms with Crippen LogP contribution >= 0.6 is 0 Å².